The van der Waals surface area contributed by atoms with Crippen LogP contribution in [-0.4, -0.2) is 16.6 Å². The molecule has 0 bridgehead atoms. The zero-order valence-corrected chi connectivity index (χ0v) is 10.2. The Morgan fingerprint density at radius 1 is 1.47 bits per heavy atom. The fourth-order valence-electron chi connectivity index (χ4n) is 1.63. The van der Waals surface area contributed by atoms with E-state index < -0.39 is 0 Å². The molecule has 1 N–H and O–H groups in total. The van der Waals surface area contributed by atoms with Crippen LogP contribution in [0.5, 0.6) is 0 Å². The van der Waals surface area contributed by atoms with Gasteiger partial charge in [0.2, 0.25) is 0 Å². The van der Waals surface area contributed by atoms with Gasteiger partial charge >= 0.3 is 0 Å². The van der Waals surface area contributed by atoms with Gasteiger partial charge in [0.25, 0.3) is 0 Å². The van der Waals surface area contributed by atoms with Crippen molar-refractivity contribution in [2.24, 2.45) is 0 Å². The van der Waals surface area contributed by atoms with Crippen LogP contribution in [0.1, 0.15) is 11.3 Å². The average molecular weight is 254 g/mol. The van der Waals surface area contributed by atoms with E-state index in [1.807, 2.05) is 17.8 Å². The summed E-state index contributed by atoms with van der Waals surface area (Å²) in [5, 5.41) is 3.55. The zero-order chi connectivity index (χ0) is 12.3. The minimum absolute atomic E-state index is 0.252. The third kappa shape index (κ3) is 3.05. The molecule has 5 heteroatoms. The van der Waals surface area contributed by atoms with E-state index >= 15 is 0 Å². The van der Waals surface area contributed by atoms with Crippen molar-refractivity contribution in [3.63, 3.8) is 0 Å². The van der Waals surface area contributed by atoms with Crippen molar-refractivity contribution in [3.8, 4) is 0 Å². The highest BCUT2D eigenvalue weighted by molar-refractivity contribution is 6.30. The standard InChI is InChI=1S/C12H13ClFN3/c1-15-5-11-7-17(8-16-11)6-9-4-10(13)2-3-12(9)14/h2-4,7-8,15H,5-6H2,1H3. The molecule has 0 atom stereocenters. The molecule has 0 saturated carbocycles. The molecule has 2 rings (SSSR count). The maximum absolute atomic E-state index is 13.5. The Balaban J connectivity index is 2.16. The van der Waals surface area contributed by atoms with E-state index in [0.717, 1.165) is 5.69 Å². The van der Waals surface area contributed by atoms with Gasteiger partial charge in [-0.05, 0) is 25.2 Å². The monoisotopic (exact) mass is 253 g/mol. The summed E-state index contributed by atoms with van der Waals surface area (Å²) >= 11 is 5.84. The predicted octanol–water partition coefficient (Wildman–Crippen LogP) is 2.44. The van der Waals surface area contributed by atoms with Crippen molar-refractivity contribution in [2.45, 2.75) is 13.1 Å². The highest BCUT2D eigenvalue weighted by Crippen LogP contribution is 2.16. The fourth-order valence-corrected chi connectivity index (χ4v) is 1.82. The summed E-state index contributed by atoms with van der Waals surface area (Å²) in [6.45, 7) is 1.13. The molecule has 0 spiro atoms. The SMILES string of the molecule is CNCc1cn(Cc2cc(Cl)ccc2F)cn1. The largest absolute Gasteiger partial charge is 0.333 e. The predicted molar refractivity (Wildman–Crippen MR) is 65.5 cm³/mol. The van der Waals surface area contributed by atoms with E-state index in [2.05, 4.69) is 10.3 Å². The third-order valence-electron chi connectivity index (χ3n) is 2.41. The first-order valence-corrected chi connectivity index (χ1v) is 5.66. The molecule has 0 aliphatic rings. The Morgan fingerprint density at radius 2 is 2.29 bits per heavy atom. The smallest absolute Gasteiger partial charge is 0.128 e. The van der Waals surface area contributed by atoms with Gasteiger partial charge in [-0.1, -0.05) is 11.6 Å². The van der Waals surface area contributed by atoms with Crippen LogP contribution in [0.4, 0.5) is 4.39 Å². The average Bonchev–Trinajstić information content (AvgIpc) is 2.72. The summed E-state index contributed by atoms with van der Waals surface area (Å²) < 4.78 is 15.3. The molecule has 0 aliphatic carbocycles. The lowest BCUT2D eigenvalue weighted by Gasteiger charge is -2.04. The lowest BCUT2D eigenvalue weighted by atomic mass is 10.2. The van der Waals surface area contributed by atoms with Crippen LogP contribution in [0.3, 0.4) is 0 Å². The molecular weight excluding hydrogens is 241 g/mol. The molecule has 90 valence electrons. The van der Waals surface area contributed by atoms with Gasteiger partial charge in [0.1, 0.15) is 5.82 Å². The maximum atomic E-state index is 13.5. The summed E-state index contributed by atoms with van der Waals surface area (Å²) in [6, 6.07) is 4.55. The summed E-state index contributed by atoms with van der Waals surface area (Å²) in [7, 11) is 1.86. The van der Waals surface area contributed by atoms with Gasteiger partial charge in [0.15, 0.2) is 0 Å². The van der Waals surface area contributed by atoms with E-state index in [9.17, 15) is 4.39 Å². The Morgan fingerprint density at radius 3 is 3.06 bits per heavy atom. The topological polar surface area (TPSA) is 29.9 Å². The molecule has 1 heterocycles. The number of nitrogens with one attached hydrogen (secondary N) is 1. The van der Waals surface area contributed by atoms with E-state index in [1.165, 1.54) is 6.07 Å². The van der Waals surface area contributed by atoms with Crippen molar-refractivity contribution < 1.29 is 4.39 Å². The van der Waals surface area contributed by atoms with Gasteiger partial charge in [-0.15, -0.1) is 0 Å². The summed E-state index contributed by atoms with van der Waals surface area (Å²) in [5.74, 6) is -0.252. The van der Waals surface area contributed by atoms with E-state index in [1.54, 1.807) is 18.5 Å². The summed E-state index contributed by atoms with van der Waals surface area (Å²) in [6.07, 6.45) is 3.57. The van der Waals surface area contributed by atoms with Crippen LogP contribution in [0.25, 0.3) is 0 Å². The number of aromatic nitrogens is 2. The number of halogens is 2. The van der Waals surface area contributed by atoms with E-state index in [4.69, 9.17) is 11.6 Å². The Hall–Kier alpha value is -1.39. The van der Waals surface area contributed by atoms with E-state index in [0.29, 0.717) is 23.7 Å². The van der Waals surface area contributed by atoms with Crippen LogP contribution >= 0.6 is 11.6 Å². The zero-order valence-electron chi connectivity index (χ0n) is 9.45. The Labute approximate surface area is 104 Å². The first-order valence-electron chi connectivity index (χ1n) is 5.28. The van der Waals surface area contributed by atoms with Crippen molar-refractivity contribution in [2.75, 3.05) is 7.05 Å². The van der Waals surface area contributed by atoms with Crippen LogP contribution in [0, 0.1) is 5.82 Å². The molecule has 0 unspecified atom stereocenters. The molecule has 3 nitrogen and oxygen atoms in total. The quantitative estimate of drug-likeness (QED) is 0.907. The summed E-state index contributed by atoms with van der Waals surface area (Å²) in [4.78, 5) is 4.20. The minimum Gasteiger partial charge on any atom is -0.333 e. The maximum Gasteiger partial charge on any atom is 0.128 e. The van der Waals surface area contributed by atoms with Crippen LogP contribution in [0.2, 0.25) is 5.02 Å². The van der Waals surface area contributed by atoms with Gasteiger partial charge in [-0.25, -0.2) is 9.37 Å². The molecule has 0 fully saturated rings. The van der Waals surface area contributed by atoms with Crippen LogP contribution in [-0.2, 0) is 13.1 Å². The number of imidazole rings is 1. The molecule has 1 aromatic heterocycles. The number of hydrogen-bond donors (Lipinski definition) is 1. The molecule has 0 amide bonds. The summed E-state index contributed by atoms with van der Waals surface area (Å²) in [5.41, 5.74) is 1.49. The van der Waals surface area contributed by atoms with Gasteiger partial charge < -0.3 is 9.88 Å². The Bertz CT molecular complexity index is 510. The first kappa shape index (κ1) is 12.1. The molecule has 0 saturated heterocycles. The molecule has 1 aromatic carbocycles. The van der Waals surface area contributed by atoms with Gasteiger partial charge in [-0.3, -0.25) is 0 Å². The first-order chi connectivity index (χ1) is 8.19. The second-order valence-electron chi connectivity index (χ2n) is 3.80. The number of nitrogens with zero attached hydrogens (tertiary/aromatic N) is 2. The lowest BCUT2D eigenvalue weighted by Crippen LogP contribution is -2.05. The molecular formula is C12H13ClFN3. The molecule has 0 radical (unpaired) electrons. The molecule has 0 aliphatic heterocycles. The highest BCUT2D eigenvalue weighted by Gasteiger charge is 2.05. The normalized spacial score (nSPS) is 10.8. The van der Waals surface area contributed by atoms with Crippen molar-refractivity contribution in [1.29, 1.82) is 0 Å². The van der Waals surface area contributed by atoms with Crippen LogP contribution < -0.4 is 5.32 Å². The second kappa shape index (κ2) is 5.29. The van der Waals surface area contributed by atoms with Crippen LogP contribution in [0.15, 0.2) is 30.7 Å². The molecule has 17 heavy (non-hydrogen) atoms. The number of hydrogen-bond acceptors (Lipinski definition) is 2. The highest BCUT2D eigenvalue weighted by atomic mass is 35.5. The van der Waals surface area contributed by atoms with Gasteiger partial charge in [0.05, 0.1) is 18.6 Å². The second-order valence-corrected chi connectivity index (χ2v) is 4.24. The number of rotatable bonds is 4. The molecule has 2 aromatic rings. The Kier molecular flexibility index (Phi) is 3.76. The number of benzene rings is 1. The van der Waals surface area contributed by atoms with Gasteiger partial charge in [0, 0.05) is 23.3 Å². The van der Waals surface area contributed by atoms with Crippen molar-refractivity contribution in [1.82, 2.24) is 14.9 Å². The minimum atomic E-state index is -0.252. The third-order valence-corrected chi connectivity index (χ3v) is 2.64. The van der Waals surface area contributed by atoms with E-state index in [-0.39, 0.29) is 5.82 Å². The van der Waals surface area contributed by atoms with Crippen molar-refractivity contribution in [3.05, 3.63) is 52.8 Å². The van der Waals surface area contributed by atoms with Gasteiger partial charge in [-0.2, -0.15) is 0 Å². The lowest BCUT2D eigenvalue weighted by molar-refractivity contribution is 0.599. The fraction of sp³-hybridized carbons (Fsp3) is 0.250. The van der Waals surface area contributed by atoms with Crippen molar-refractivity contribution >= 4 is 11.6 Å².